The summed E-state index contributed by atoms with van der Waals surface area (Å²) in [6, 6.07) is 23.3. The van der Waals surface area contributed by atoms with E-state index in [0.717, 1.165) is 30.6 Å². The molecule has 1 amide bonds. The smallest absolute Gasteiger partial charge is 0.224 e. The van der Waals surface area contributed by atoms with Gasteiger partial charge in [0.05, 0.1) is 0 Å². The van der Waals surface area contributed by atoms with E-state index in [0.29, 0.717) is 6.42 Å². The van der Waals surface area contributed by atoms with E-state index in [2.05, 4.69) is 84.5 Å². The van der Waals surface area contributed by atoms with Gasteiger partial charge in [-0.3, -0.25) is 4.79 Å². The lowest BCUT2D eigenvalue weighted by molar-refractivity contribution is -0.116. The first-order valence-corrected chi connectivity index (χ1v) is 11.0. The SMILES string of the molecule is Cc1cccc(Cn2cc(CCCC(=O)Nc3cccc(C)c3C)c3ccccc32)c1. The van der Waals surface area contributed by atoms with Crippen LogP contribution in [0.1, 0.15) is 40.7 Å². The molecular formula is C28H30N2O. The monoisotopic (exact) mass is 410 g/mol. The van der Waals surface area contributed by atoms with E-state index in [1.54, 1.807) is 0 Å². The molecule has 0 aliphatic carbocycles. The van der Waals surface area contributed by atoms with Crippen LogP contribution in [0.15, 0.2) is 72.9 Å². The van der Waals surface area contributed by atoms with Gasteiger partial charge in [-0.2, -0.15) is 0 Å². The van der Waals surface area contributed by atoms with Gasteiger partial charge in [-0.25, -0.2) is 0 Å². The average molecular weight is 411 g/mol. The molecule has 3 heteroatoms. The summed E-state index contributed by atoms with van der Waals surface area (Å²) in [5.74, 6) is 0.0807. The Kier molecular flexibility index (Phi) is 6.22. The van der Waals surface area contributed by atoms with E-state index in [4.69, 9.17) is 0 Å². The number of anilines is 1. The zero-order valence-electron chi connectivity index (χ0n) is 18.6. The van der Waals surface area contributed by atoms with Crippen LogP contribution in [0.2, 0.25) is 0 Å². The summed E-state index contributed by atoms with van der Waals surface area (Å²) < 4.78 is 2.33. The first kappa shape index (κ1) is 20.9. The fraction of sp³-hybridized carbons (Fsp3) is 0.250. The Morgan fingerprint density at radius 1 is 0.935 bits per heavy atom. The van der Waals surface area contributed by atoms with E-state index in [1.165, 1.54) is 33.2 Å². The van der Waals surface area contributed by atoms with E-state index < -0.39 is 0 Å². The molecule has 0 aliphatic heterocycles. The lowest BCUT2D eigenvalue weighted by atomic mass is 10.1. The van der Waals surface area contributed by atoms with E-state index in [-0.39, 0.29) is 5.91 Å². The zero-order valence-corrected chi connectivity index (χ0v) is 18.6. The molecule has 0 unspecified atom stereocenters. The van der Waals surface area contributed by atoms with Crippen molar-refractivity contribution in [3.63, 3.8) is 0 Å². The minimum absolute atomic E-state index is 0.0807. The Hall–Kier alpha value is -3.33. The Bertz CT molecular complexity index is 1220. The van der Waals surface area contributed by atoms with Gasteiger partial charge < -0.3 is 9.88 Å². The molecule has 31 heavy (non-hydrogen) atoms. The molecule has 1 N–H and O–H groups in total. The van der Waals surface area contributed by atoms with Gasteiger partial charge in [0.15, 0.2) is 0 Å². The number of hydrogen-bond donors (Lipinski definition) is 1. The maximum absolute atomic E-state index is 12.5. The van der Waals surface area contributed by atoms with Crippen LogP contribution < -0.4 is 5.32 Å². The van der Waals surface area contributed by atoms with Gasteiger partial charge in [0.1, 0.15) is 0 Å². The summed E-state index contributed by atoms with van der Waals surface area (Å²) in [5, 5.41) is 4.36. The number of hydrogen-bond acceptors (Lipinski definition) is 1. The number of nitrogens with one attached hydrogen (secondary N) is 1. The topological polar surface area (TPSA) is 34.0 Å². The highest BCUT2D eigenvalue weighted by Gasteiger charge is 2.11. The molecule has 0 bridgehead atoms. The number of para-hydroxylation sites is 1. The van der Waals surface area contributed by atoms with Gasteiger partial charge in [0.25, 0.3) is 0 Å². The number of nitrogens with zero attached hydrogens (tertiary/aromatic N) is 1. The molecule has 1 heterocycles. The highest BCUT2D eigenvalue weighted by Crippen LogP contribution is 2.24. The Balaban J connectivity index is 1.44. The number of aromatic nitrogens is 1. The van der Waals surface area contributed by atoms with Gasteiger partial charge in [-0.1, -0.05) is 60.2 Å². The number of benzene rings is 3. The number of amides is 1. The minimum Gasteiger partial charge on any atom is -0.343 e. The van der Waals surface area contributed by atoms with Crippen LogP contribution in [-0.2, 0) is 17.8 Å². The summed E-state index contributed by atoms with van der Waals surface area (Å²) in [4.78, 5) is 12.5. The van der Waals surface area contributed by atoms with Crippen LogP contribution >= 0.6 is 0 Å². The Labute approximate surface area is 184 Å². The molecule has 3 nitrogen and oxygen atoms in total. The molecular weight excluding hydrogens is 380 g/mol. The number of carbonyl (C=O) groups excluding carboxylic acids is 1. The molecule has 0 fully saturated rings. The maximum atomic E-state index is 12.5. The number of carbonyl (C=O) groups is 1. The Morgan fingerprint density at radius 3 is 2.58 bits per heavy atom. The molecule has 0 spiro atoms. The summed E-state index contributed by atoms with van der Waals surface area (Å²) in [6.07, 6.45) is 4.50. The molecule has 1 aromatic heterocycles. The first-order chi connectivity index (χ1) is 15.0. The van der Waals surface area contributed by atoms with Crippen molar-refractivity contribution in [1.82, 2.24) is 4.57 Å². The van der Waals surface area contributed by atoms with Crippen molar-refractivity contribution >= 4 is 22.5 Å². The minimum atomic E-state index is 0.0807. The molecule has 158 valence electrons. The van der Waals surface area contributed by atoms with Gasteiger partial charge in [0.2, 0.25) is 5.91 Å². The highest BCUT2D eigenvalue weighted by atomic mass is 16.1. The fourth-order valence-corrected chi connectivity index (χ4v) is 4.20. The third kappa shape index (κ3) is 4.88. The molecule has 0 saturated carbocycles. The lowest BCUT2D eigenvalue weighted by Crippen LogP contribution is -2.12. The van der Waals surface area contributed by atoms with E-state index in [1.807, 2.05) is 19.1 Å². The lowest BCUT2D eigenvalue weighted by Gasteiger charge is -2.10. The van der Waals surface area contributed by atoms with Crippen molar-refractivity contribution < 1.29 is 4.79 Å². The number of rotatable bonds is 7. The van der Waals surface area contributed by atoms with Crippen LogP contribution in [0.5, 0.6) is 0 Å². The number of fused-ring (bicyclic) bond motifs is 1. The third-order valence-corrected chi connectivity index (χ3v) is 6.04. The summed E-state index contributed by atoms with van der Waals surface area (Å²) in [6.45, 7) is 7.10. The molecule has 0 aliphatic rings. The van der Waals surface area contributed by atoms with Crippen molar-refractivity contribution in [2.24, 2.45) is 0 Å². The van der Waals surface area contributed by atoms with Crippen LogP contribution in [0.25, 0.3) is 10.9 Å². The van der Waals surface area contributed by atoms with Crippen LogP contribution in [0.3, 0.4) is 0 Å². The molecule has 0 saturated heterocycles. The van der Waals surface area contributed by atoms with Crippen molar-refractivity contribution in [2.75, 3.05) is 5.32 Å². The standard InChI is InChI=1S/C28H30N2O/c1-20-9-6-11-23(17-20)18-30-19-24(25-13-4-5-15-27(25)30)12-8-16-28(31)29-26-14-7-10-21(2)22(26)3/h4-7,9-11,13-15,17,19H,8,12,16,18H2,1-3H3,(H,29,31). The quantitative estimate of drug-likeness (QED) is 0.367. The summed E-state index contributed by atoms with van der Waals surface area (Å²) in [7, 11) is 0. The second-order valence-electron chi connectivity index (χ2n) is 8.44. The van der Waals surface area contributed by atoms with Crippen molar-refractivity contribution in [3.05, 3.63) is 101 Å². The fourth-order valence-electron chi connectivity index (χ4n) is 4.20. The predicted molar refractivity (Wildman–Crippen MR) is 130 cm³/mol. The highest BCUT2D eigenvalue weighted by molar-refractivity contribution is 5.91. The van der Waals surface area contributed by atoms with Crippen molar-refractivity contribution in [3.8, 4) is 0 Å². The normalized spacial score (nSPS) is 11.1. The summed E-state index contributed by atoms with van der Waals surface area (Å²) >= 11 is 0. The van der Waals surface area contributed by atoms with Crippen molar-refractivity contribution in [2.45, 2.75) is 46.6 Å². The zero-order chi connectivity index (χ0) is 21.8. The summed E-state index contributed by atoms with van der Waals surface area (Å²) in [5.41, 5.74) is 8.39. The van der Waals surface area contributed by atoms with E-state index >= 15 is 0 Å². The largest absolute Gasteiger partial charge is 0.343 e. The molecule has 3 aromatic carbocycles. The second kappa shape index (κ2) is 9.22. The van der Waals surface area contributed by atoms with Crippen LogP contribution in [0.4, 0.5) is 5.69 Å². The Morgan fingerprint density at radius 2 is 1.74 bits per heavy atom. The van der Waals surface area contributed by atoms with Gasteiger partial charge in [-0.05, 0) is 68.0 Å². The second-order valence-corrected chi connectivity index (χ2v) is 8.44. The van der Waals surface area contributed by atoms with Crippen LogP contribution in [0, 0.1) is 20.8 Å². The van der Waals surface area contributed by atoms with Gasteiger partial charge in [-0.15, -0.1) is 0 Å². The molecule has 4 rings (SSSR count). The molecule has 4 aromatic rings. The van der Waals surface area contributed by atoms with Crippen molar-refractivity contribution in [1.29, 1.82) is 0 Å². The first-order valence-electron chi connectivity index (χ1n) is 11.0. The molecule has 0 atom stereocenters. The van der Waals surface area contributed by atoms with E-state index in [9.17, 15) is 4.79 Å². The average Bonchev–Trinajstić information content (AvgIpc) is 3.09. The maximum Gasteiger partial charge on any atom is 0.224 e. The molecule has 0 radical (unpaired) electrons. The van der Waals surface area contributed by atoms with Gasteiger partial charge in [0, 0.05) is 35.8 Å². The third-order valence-electron chi connectivity index (χ3n) is 6.04. The number of aryl methyl sites for hydroxylation is 3. The predicted octanol–water partition coefficient (Wildman–Crippen LogP) is 6.58. The van der Waals surface area contributed by atoms with Gasteiger partial charge >= 0.3 is 0 Å². The van der Waals surface area contributed by atoms with Crippen LogP contribution in [-0.4, -0.2) is 10.5 Å².